The van der Waals surface area contributed by atoms with Crippen LogP contribution in [0.15, 0.2) is 77.2 Å². The predicted octanol–water partition coefficient (Wildman–Crippen LogP) is 5.12. The van der Waals surface area contributed by atoms with Crippen LogP contribution in [0.5, 0.6) is 0 Å². The van der Waals surface area contributed by atoms with Crippen molar-refractivity contribution >= 4 is 33.1 Å². The molecule has 0 N–H and O–H groups in total. The minimum atomic E-state index is -0.633. The molecule has 0 fully saturated rings. The molecule has 0 spiro atoms. The third-order valence-electron chi connectivity index (χ3n) is 5.04. The smallest absolute Gasteiger partial charge is 0.289 e. The van der Waals surface area contributed by atoms with Gasteiger partial charge in [-0.05, 0) is 35.0 Å². The van der Waals surface area contributed by atoms with Crippen LogP contribution in [0.4, 0.5) is 8.78 Å². The lowest BCUT2D eigenvalue weighted by Gasteiger charge is -2.05. The van der Waals surface area contributed by atoms with Gasteiger partial charge in [-0.15, -0.1) is 10.2 Å². The van der Waals surface area contributed by atoms with Gasteiger partial charge in [0.15, 0.2) is 0 Å². The molecule has 0 amide bonds. The molecule has 0 aliphatic heterocycles. The first kappa shape index (κ1) is 18.7. The van der Waals surface area contributed by atoms with Gasteiger partial charge in [0, 0.05) is 21.9 Å². The summed E-state index contributed by atoms with van der Waals surface area (Å²) in [5.41, 5.74) is 0.346. The summed E-state index contributed by atoms with van der Waals surface area (Å²) in [5, 5.41) is 8.76. The minimum absolute atomic E-state index is 0.173. The summed E-state index contributed by atoms with van der Waals surface area (Å²) in [6, 6.07) is 18.1. The molecular formula is C24H12F2N2O3. The highest BCUT2D eigenvalue weighted by Crippen LogP contribution is 2.26. The number of benzene rings is 4. The highest BCUT2D eigenvalue weighted by molar-refractivity contribution is 6.16. The maximum atomic E-state index is 14.1. The standard InChI is InChI=1S/C24H12F2N2O3/c25-19-11-9-17(13-5-1-3-7-15(13)19)21(29)23-27-28-24(31-23)22(30)18-10-12-20(26)16-8-4-2-6-14(16)18/h1-12H. The van der Waals surface area contributed by atoms with Crippen molar-refractivity contribution in [2.75, 3.05) is 0 Å². The van der Waals surface area contributed by atoms with Gasteiger partial charge in [0.25, 0.3) is 11.8 Å². The molecule has 0 aliphatic carbocycles. The highest BCUT2D eigenvalue weighted by atomic mass is 19.1. The van der Waals surface area contributed by atoms with Crippen molar-refractivity contribution < 1.29 is 22.8 Å². The predicted molar refractivity (Wildman–Crippen MR) is 109 cm³/mol. The number of carbonyl (C=O) groups excluding carboxylic acids is 2. The van der Waals surface area contributed by atoms with Gasteiger partial charge >= 0.3 is 0 Å². The Balaban J connectivity index is 1.54. The summed E-state index contributed by atoms with van der Waals surface area (Å²) >= 11 is 0. The van der Waals surface area contributed by atoms with Crippen LogP contribution in [0.3, 0.4) is 0 Å². The van der Waals surface area contributed by atoms with Crippen molar-refractivity contribution in [3.8, 4) is 0 Å². The first-order chi connectivity index (χ1) is 15.0. The monoisotopic (exact) mass is 414 g/mol. The van der Waals surface area contributed by atoms with Crippen LogP contribution in [-0.4, -0.2) is 21.8 Å². The van der Waals surface area contributed by atoms with Crippen molar-refractivity contribution in [2.24, 2.45) is 0 Å². The Labute approximate surface area is 173 Å². The van der Waals surface area contributed by atoms with Gasteiger partial charge in [-0.3, -0.25) is 9.59 Å². The van der Waals surface area contributed by atoms with Crippen LogP contribution in [0.1, 0.15) is 32.5 Å². The van der Waals surface area contributed by atoms with Crippen LogP contribution < -0.4 is 0 Å². The maximum absolute atomic E-state index is 14.1. The van der Waals surface area contributed by atoms with Crippen LogP contribution in [-0.2, 0) is 0 Å². The van der Waals surface area contributed by atoms with E-state index in [1.165, 1.54) is 24.3 Å². The molecule has 0 atom stereocenters. The van der Waals surface area contributed by atoms with E-state index in [1.54, 1.807) is 48.5 Å². The topological polar surface area (TPSA) is 73.1 Å². The van der Waals surface area contributed by atoms with Gasteiger partial charge in [-0.25, -0.2) is 8.78 Å². The minimum Gasteiger partial charge on any atom is -0.410 e. The number of rotatable bonds is 4. The van der Waals surface area contributed by atoms with Crippen molar-refractivity contribution in [1.29, 1.82) is 0 Å². The molecule has 31 heavy (non-hydrogen) atoms. The SMILES string of the molecule is O=C(c1nnc(C(=O)c2ccc(F)c3ccccc23)o1)c1ccc(F)c2ccccc12. The van der Waals surface area contributed by atoms with Crippen LogP contribution in [0.2, 0.25) is 0 Å². The average Bonchev–Trinajstić information content (AvgIpc) is 3.30. The fraction of sp³-hybridized carbons (Fsp3) is 0. The molecule has 150 valence electrons. The quantitative estimate of drug-likeness (QED) is 0.382. The molecule has 0 unspecified atom stereocenters. The molecule has 0 radical (unpaired) electrons. The fourth-order valence-corrected chi connectivity index (χ4v) is 3.56. The molecule has 4 aromatic carbocycles. The zero-order valence-corrected chi connectivity index (χ0v) is 15.8. The zero-order valence-electron chi connectivity index (χ0n) is 15.8. The number of hydrogen-bond acceptors (Lipinski definition) is 5. The van der Waals surface area contributed by atoms with E-state index in [9.17, 15) is 18.4 Å². The number of fused-ring (bicyclic) bond motifs is 2. The summed E-state index contributed by atoms with van der Waals surface area (Å²) in [6.45, 7) is 0. The Morgan fingerprint density at radius 1 is 0.581 bits per heavy atom. The first-order valence-electron chi connectivity index (χ1n) is 9.32. The van der Waals surface area contributed by atoms with Crippen LogP contribution >= 0.6 is 0 Å². The number of aromatic nitrogens is 2. The van der Waals surface area contributed by atoms with Crippen molar-refractivity contribution in [3.63, 3.8) is 0 Å². The number of carbonyl (C=O) groups is 2. The summed E-state index contributed by atoms with van der Waals surface area (Å²) in [5.74, 6) is -2.98. The largest absolute Gasteiger partial charge is 0.410 e. The Hall–Kier alpha value is -4.26. The molecule has 1 heterocycles. The van der Waals surface area contributed by atoms with Gasteiger partial charge in [0.1, 0.15) is 11.6 Å². The van der Waals surface area contributed by atoms with Gasteiger partial charge in [-0.1, -0.05) is 48.5 Å². The van der Waals surface area contributed by atoms with Crippen LogP contribution in [0.25, 0.3) is 21.5 Å². The van der Waals surface area contributed by atoms with Crippen LogP contribution in [0, 0.1) is 11.6 Å². The van der Waals surface area contributed by atoms with Crippen molar-refractivity contribution in [3.05, 3.63) is 107 Å². The van der Waals surface area contributed by atoms with Crippen molar-refractivity contribution in [2.45, 2.75) is 0 Å². The Morgan fingerprint density at radius 2 is 0.968 bits per heavy atom. The summed E-state index contributed by atoms with van der Waals surface area (Å²) in [7, 11) is 0. The van der Waals surface area contributed by atoms with E-state index < -0.39 is 35.0 Å². The van der Waals surface area contributed by atoms with Crippen molar-refractivity contribution in [1.82, 2.24) is 10.2 Å². The van der Waals surface area contributed by atoms with E-state index in [0.29, 0.717) is 10.8 Å². The van der Waals surface area contributed by atoms with Gasteiger partial charge in [0.2, 0.25) is 11.6 Å². The molecule has 5 aromatic rings. The number of ketones is 2. The molecule has 0 saturated carbocycles. The van der Waals surface area contributed by atoms with Gasteiger partial charge in [0.05, 0.1) is 0 Å². The average molecular weight is 414 g/mol. The molecule has 7 heteroatoms. The Bertz CT molecular complexity index is 1400. The molecule has 1 aromatic heterocycles. The Morgan fingerprint density at radius 3 is 1.39 bits per heavy atom. The third-order valence-corrected chi connectivity index (χ3v) is 5.04. The van der Waals surface area contributed by atoms with E-state index in [-0.39, 0.29) is 21.9 Å². The number of halogens is 2. The van der Waals surface area contributed by atoms with E-state index in [1.807, 2.05) is 0 Å². The zero-order chi connectivity index (χ0) is 21.5. The summed E-state index contributed by atoms with van der Waals surface area (Å²) < 4.78 is 33.5. The molecule has 0 saturated heterocycles. The normalized spacial score (nSPS) is 11.2. The molecular weight excluding hydrogens is 402 g/mol. The van der Waals surface area contributed by atoms with E-state index >= 15 is 0 Å². The molecule has 0 aliphatic rings. The molecule has 5 rings (SSSR count). The second-order valence-electron chi connectivity index (χ2n) is 6.85. The van der Waals surface area contributed by atoms with E-state index in [2.05, 4.69) is 10.2 Å². The molecule has 5 nitrogen and oxygen atoms in total. The van der Waals surface area contributed by atoms with E-state index in [0.717, 1.165) is 0 Å². The van der Waals surface area contributed by atoms with Gasteiger partial charge in [-0.2, -0.15) is 0 Å². The summed E-state index contributed by atoms with van der Waals surface area (Å²) in [6.07, 6.45) is 0. The highest BCUT2D eigenvalue weighted by Gasteiger charge is 2.24. The lowest BCUT2D eigenvalue weighted by molar-refractivity contribution is 0.0982. The lowest BCUT2D eigenvalue weighted by Crippen LogP contribution is -2.04. The second-order valence-corrected chi connectivity index (χ2v) is 6.85. The lowest BCUT2D eigenvalue weighted by atomic mass is 10.0. The maximum Gasteiger partial charge on any atom is 0.289 e. The van der Waals surface area contributed by atoms with E-state index in [4.69, 9.17) is 4.42 Å². The molecule has 0 bridgehead atoms. The Kier molecular flexibility index (Phi) is 4.36. The third kappa shape index (κ3) is 3.07. The summed E-state index contributed by atoms with van der Waals surface area (Å²) in [4.78, 5) is 25.8. The second kappa shape index (κ2) is 7.21. The first-order valence-corrected chi connectivity index (χ1v) is 9.32. The van der Waals surface area contributed by atoms with Gasteiger partial charge < -0.3 is 4.42 Å². The number of nitrogens with zero attached hydrogens (tertiary/aromatic N) is 2. The number of hydrogen-bond donors (Lipinski definition) is 0. The fourth-order valence-electron chi connectivity index (χ4n) is 3.56.